The Labute approximate surface area is 195 Å². The fourth-order valence-electron chi connectivity index (χ4n) is 2.75. The highest BCUT2D eigenvalue weighted by atomic mass is 35.5. The van der Waals surface area contributed by atoms with Crippen LogP contribution in [-0.4, -0.2) is 27.0 Å². The van der Waals surface area contributed by atoms with Gasteiger partial charge in [-0.2, -0.15) is 0 Å². The van der Waals surface area contributed by atoms with Gasteiger partial charge in [-0.15, -0.1) is 16.4 Å². The van der Waals surface area contributed by atoms with Crippen molar-refractivity contribution in [1.82, 2.24) is 20.0 Å². The average Bonchev–Trinajstić information content (AvgIpc) is 3.21. The molecule has 0 aliphatic heterocycles. The number of halogens is 3. The van der Waals surface area contributed by atoms with Crippen LogP contribution >= 0.6 is 34.5 Å². The third kappa shape index (κ3) is 5.13. The van der Waals surface area contributed by atoms with Crippen LogP contribution in [0.3, 0.4) is 0 Å². The van der Waals surface area contributed by atoms with Crippen molar-refractivity contribution >= 4 is 40.4 Å². The van der Waals surface area contributed by atoms with Crippen molar-refractivity contribution in [2.45, 2.75) is 0 Å². The van der Waals surface area contributed by atoms with Crippen LogP contribution in [0.4, 0.5) is 4.39 Å². The second-order valence-electron chi connectivity index (χ2n) is 6.32. The minimum atomic E-state index is -0.485. The van der Waals surface area contributed by atoms with Crippen molar-refractivity contribution in [2.75, 3.05) is 6.61 Å². The maximum atomic E-state index is 13.4. The number of benzene rings is 2. The lowest BCUT2D eigenvalue weighted by atomic mass is 10.1. The van der Waals surface area contributed by atoms with Gasteiger partial charge in [-0.05, 0) is 48.0 Å². The summed E-state index contributed by atoms with van der Waals surface area (Å²) in [6.45, 7) is -0.292. The number of aromatic nitrogens is 3. The van der Waals surface area contributed by atoms with E-state index in [9.17, 15) is 9.18 Å². The highest BCUT2D eigenvalue weighted by Crippen LogP contribution is 2.29. The maximum absolute atomic E-state index is 13.4. The van der Waals surface area contributed by atoms with Crippen LogP contribution in [-0.2, 0) is 4.79 Å². The number of carbonyl (C=O) groups is 1. The first kappa shape index (κ1) is 21.9. The van der Waals surface area contributed by atoms with E-state index in [2.05, 4.69) is 20.5 Å². The van der Waals surface area contributed by atoms with Crippen molar-refractivity contribution in [1.29, 1.82) is 0 Å². The molecule has 0 saturated heterocycles. The highest BCUT2D eigenvalue weighted by molar-refractivity contribution is 7.07. The molecule has 162 valence electrons. The van der Waals surface area contributed by atoms with Gasteiger partial charge < -0.3 is 4.74 Å². The quantitative estimate of drug-likeness (QED) is 0.405. The fraction of sp³-hybridized carbons (Fsp3) is 0.0476. The number of rotatable bonds is 6. The average molecular weight is 490 g/mol. The van der Waals surface area contributed by atoms with Crippen molar-refractivity contribution < 1.29 is 13.9 Å². The Balaban J connectivity index is 1.67. The molecule has 2 aromatic carbocycles. The number of amides is 1. The molecule has 4 aromatic rings. The summed E-state index contributed by atoms with van der Waals surface area (Å²) in [4.78, 5) is 20.4. The molecule has 0 aliphatic carbocycles. The first-order chi connectivity index (χ1) is 15.5. The van der Waals surface area contributed by atoms with Crippen molar-refractivity contribution in [3.63, 3.8) is 0 Å². The molecular formula is C21H14Cl2FN5O2S. The SMILES string of the molecule is O=C(COc1cnccn1)N/N=c1\scc(-c2ccc(F)cc2)n1-c1ccc(Cl)cc1Cl. The first-order valence-corrected chi connectivity index (χ1v) is 10.8. The molecule has 7 nitrogen and oxygen atoms in total. The minimum Gasteiger partial charge on any atom is -0.466 e. The van der Waals surface area contributed by atoms with Crippen molar-refractivity contribution in [3.8, 4) is 22.8 Å². The van der Waals surface area contributed by atoms with Crippen LogP contribution in [0.1, 0.15) is 0 Å². The third-order valence-electron chi connectivity index (χ3n) is 4.17. The van der Waals surface area contributed by atoms with Crippen LogP contribution in [0.2, 0.25) is 10.0 Å². The number of nitrogens with zero attached hydrogens (tertiary/aromatic N) is 4. The summed E-state index contributed by atoms with van der Waals surface area (Å²) in [5, 5.41) is 6.92. The van der Waals surface area contributed by atoms with Gasteiger partial charge in [0.25, 0.3) is 5.91 Å². The van der Waals surface area contributed by atoms with Crippen molar-refractivity contribution in [3.05, 3.63) is 87.1 Å². The predicted molar refractivity (Wildman–Crippen MR) is 120 cm³/mol. The summed E-state index contributed by atoms with van der Waals surface area (Å²) in [6.07, 6.45) is 4.35. The van der Waals surface area contributed by atoms with E-state index in [1.807, 2.05) is 5.38 Å². The normalized spacial score (nSPS) is 11.4. The molecule has 0 unspecified atom stereocenters. The van der Waals surface area contributed by atoms with Crippen LogP contribution in [0.5, 0.6) is 5.88 Å². The monoisotopic (exact) mass is 489 g/mol. The first-order valence-electron chi connectivity index (χ1n) is 9.14. The Bertz CT molecular complexity index is 1310. The Morgan fingerprint density at radius 3 is 2.72 bits per heavy atom. The number of hydrogen-bond acceptors (Lipinski definition) is 6. The van der Waals surface area contributed by atoms with E-state index in [-0.39, 0.29) is 18.3 Å². The van der Waals surface area contributed by atoms with Gasteiger partial charge in [-0.1, -0.05) is 23.2 Å². The molecule has 0 aliphatic rings. The van der Waals surface area contributed by atoms with Crippen LogP contribution in [0.15, 0.2) is 71.5 Å². The molecule has 4 rings (SSSR count). The zero-order valence-electron chi connectivity index (χ0n) is 16.2. The molecule has 2 aromatic heterocycles. The molecule has 0 saturated carbocycles. The standard InChI is InChI=1S/C21H14Cl2FN5O2S/c22-14-3-6-17(16(23)9-14)29-18(13-1-4-15(24)5-2-13)12-32-21(29)28-27-19(30)11-31-20-10-25-7-8-26-20/h1-10,12H,11H2,(H,27,30)/b28-21-. The van der Waals surface area contributed by atoms with Gasteiger partial charge >= 0.3 is 0 Å². The van der Waals surface area contributed by atoms with Gasteiger partial charge in [0.2, 0.25) is 10.7 Å². The van der Waals surface area contributed by atoms with Gasteiger partial charge in [0.15, 0.2) is 6.61 Å². The van der Waals surface area contributed by atoms with E-state index < -0.39 is 5.91 Å². The zero-order valence-corrected chi connectivity index (χ0v) is 18.5. The summed E-state index contributed by atoms with van der Waals surface area (Å²) in [5.74, 6) is -0.609. The number of ether oxygens (including phenoxy) is 1. The highest BCUT2D eigenvalue weighted by Gasteiger charge is 2.14. The summed E-state index contributed by atoms with van der Waals surface area (Å²) in [6, 6.07) is 11.1. The van der Waals surface area contributed by atoms with Gasteiger partial charge in [0.05, 0.1) is 22.6 Å². The zero-order chi connectivity index (χ0) is 22.5. The molecule has 0 radical (unpaired) electrons. The molecule has 0 spiro atoms. The lowest BCUT2D eigenvalue weighted by molar-refractivity contribution is -0.123. The topological polar surface area (TPSA) is 81.4 Å². The molecule has 0 bridgehead atoms. The lowest BCUT2D eigenvalue weighted by Gasteiger charge is -2.11. The maximum Gasteiger partial charge on any atom is 0.278 e. The molecular weight excluding hydrogens is 476 g/mol. The number of carbonyl (C=O) groups excluding carboxylic acids is 1. The van der Waals surface area contributed by atoms with E-state index in [1.54, 1.807) is 34.9 Å². The summed E-state index contributed by atoms with van der Waals surface area (Å²) in [7, 11) is 0. The Morgan fingerprint density at radius 1 is 1.19 bits per heavy atom. The molecule has 1 amide bonds. The molecule has 0 fully saturated rings. The van der Waals surface area contributed by atoms with Gasteiger partial charge in [0.1, 0.15) is 5.82 Å². The predicted octanol–water partition coefficient (Wildman–Crippen LogP) is 4.45. The van der Waals surface area contributed by atoms with Gasteiger partial charge in [-0.25, -0.2) is 14.8 Å². The Hall–Kier alpha value is -3.27. The molecule has 32 heavy (non-hydrogen) atoms. The third-order valence-corrected chi connectivity index (χ3v) is 5.53. The van der Waals surface area contributed by atoms with Crippen molar-refractivity contribution in [2.24, 2.45) is 5.10 Å². The van der Waals surface area contributed by atoms with Crippen LogP contribution in [0, 0.1) is 5.82 Å². The molecule has 1 N–H and O–H groups in total. The molecule has 11 heteroatoms. The molecule has 0 atom stereocenters. The smallest absolute Gasteiger partial charge is 0.278 e. The summed E-state index contributed by atoms with van der Waals surface area (Å²) in [5.41, 5.74) is 4.51. The van der Waals surface area contributed by atoms with Crippen LogP contribution in [0.25, 0.3) is 16.9 Å². The van der Waals surface area contributed by atoms with E-state index in [4.69, 9.17) is 27.9 Å². The van der Waals surface area contributed by atoms with E-state index in [0.29, 0.717) is 26.2 Å². The van der Waals surface area contributed by atoms with Gasteiger partial charge in [0, 0.05) is 22.8 Å². The molecule has 2 heterocycles. The second kappa shape index (κ2) is 9.90. The minimum absolute atomic E-state index is 0.223. The van der Waals surface area contributed by atoms with E-state index in [1.165, 1.54) is 42.1 Å². The largest absolute Gasteiger partial charge is 0.466 e. The Kier molecular flexibility index (Phi) is 6.79. The number of hydrogen-bond donors (Lipinski definition) is 1. The number of nitrogens with one attached hydrogen (secondary N) is 1. The summed E-state index contributed by atoms with van der Waals surface area (Å²) < 4.78 is 20.4. The number of thiazole rings is 1. The van der Waals surface area contributed by atoms with Crippen LogP contribution < -0.4 is 15.0 Å². The van der Waals surface area contributed by atoms with Gasteiger partial charge in [-0.3, -0.25) is 14.3 Å². The Morgan fingerprint density at radius 2 is 2.00 bits per heavy atom. The van der Waals surface area contributed by atoms with E-state index >= 15 is 0 Å². The summed E-state index contributed by atoms with van der Waals surface area (Å²) >= 11 is 13.8. The van der Waals surface area contributed by atoms with E-state index in [0.717, 1.165) is 5.56 Å². The fourth-order valence-corrected chi connectivity index (χ4v) is 4.10. The second-order valence-corrected chi connectivity index (χ2v) is 8.00. The lowest BCUT2D eigenvalue weighted by Crippen LogP contribution is -2.28.